The minimum atomic E-state index is -1.08. The number of nitrogens with zero attached hydrogens (tertiary/aromatic N) is 1. The summed E-state index contributed by atoms with van der Waals surface area (Å²) in [7, 11) is 2.55. The van der Waals surface area contributed by atoms with Crippen molar-refractivity contribution in [1.29, 1.82) is 0 Å². The van der Waals surface area contributed by atoms with E-state index < -0.39 is 23.9 Å². The third kappa shape index (κ3) is 3.40. The van der Waals surface area contributed by atoms with E-state index in [0.29, 0.717) is 11.6 Å². The quantitative estimate of drug-likeness (QED) is 0.607. The second kappa shape index (κ2) is 7.79. The molecule has 0 fully saturated rings. The summed E-state index contributed by atoms with van der Waals surface area (Å²) in [6, 6.07) is 14.7. The lowest BCUT2D eigenvalue weighted by Gasteiger charge is -2.41. The van der Waals surface area contributed by atoms with E-state index in [1.54, 1.807) is 12.1 Å². The molecule has 0 N–H and O–H groups in total. The first-order valence-corrected chi connectivity index (χ1v) is 8.70. The number of ether oxygens (including phenoxy) is 2. The molecule has 0 saturated carbocycles. The van der Waals surface area contributed by atoms with Crippen LogP contribution in [0.2, 0.25) is 5.02 Å². The molecule has 5 nitrogen and oxygen atoms in total. The third-order valence-electron chi connectivity index (χ3n) is 4.72. The number of esters is 2. The van der Waals surface area contributed by atoms with Crippen LogP contribution in [0.15, 0.2) is 48.5 Å². The molecule has 0 aromatic heterocycles. The Morgan fingerprint density at radius 3 is 2.27 bits per heavy atom. The Bertz CT molecular complexity index is 790. The number of methoxy groups -OCH3 is 2. The zero-order valence-corrected chi connectivity index (χ0v) is 15.4. The summed E-state index contributed by atoms with van der Waals surface area (Å²) in [6.07, 6.45) is 0.810. The largest absolute Gasteiger partial charge is 0.468 e. The summed E-state index contributed by atoms with van der Waals surface area (Å²) >= 11 is 6.01. The molecule has 1 aliphatic rings. The first kappa shape index (κ1) is 18.3. The average Bonchev–Trinajstić information content (AvgIpc) is 2.68. The lowest BCUT2D eigenvalue weighted by atomic mass is 9.84. The van der Waals surface area contributed by atoms with Crippen LogP contribution < -0.4 is 4.90 Å². The highest BCUT2D eigenvalue weighted by Crippen LogP contribution is 2.39. The van der Waals surface area contributed by atoms with E-state index in [2.05, 4.69) is 0 Å². The second-order valence-electron chi connectivity index (χ2n) is 6.09. The molecule has 2 aromatic carbocycles. The molecule has 0 bridgehead atoms. The van der Waals surface area contributed by atoms with E-state index in [9.17, 15) is 9.59 Å². The molecule has 6 heteroatoms. The van der Waals surface area contributed by atoms with Crippen molar-refractivity contribution in [3.63, 3.8) is 0 Å². The van der Waals surface area contributed by atoms with E-state index in [1.807, 2.05) is 41.3 Å². The van der Waals surface area contributed by atoms with Gasteiger partial charge in [-0.15, -0.1) is 0 Å². The van der Waals surface area contributed by atoms with Gasteiger partial charge in [-0.3, -0.25) is 9.59 Å². The Kier molecular flexibility index (Phi) is 5.47. The van der Waals surface area contributed by atoms with Crippen LogP contribution in [-0.2, 0) is 25.5 Å². The number of rotatable bonds is 4. The van der Waals surface area contributed by atoms with Crippen molar-refractivity contribution >= 4 is 29.2 Å². The van der Waals surface area contributed by atoms with E-state index >= 15 is 0 Å². The number of carbonyl (C=O) groups excluding carboxylic acids is 2. The number of anilines is 1. The van der Waals surface area contributed by atoms with Crippen LogP contribution >= 0.6 is 11.6 Å². The van der Waals surface area contributed by atoms with Gasteiger partial charge in [-0.05, 0) is 41.8 Å². The number of hydrogen-bond acceptors (Lipinski definition) is 5. The van der Waals surface area contributed by atoms with Crippen LogP contribution in [0.25, 0.3) is 0 Å². The van der Waals surface area contributed by atoms with Crippen molar-refractivity contribution in [1.82, 2.24) is 0 Å². The predicted molar refractivity (Wildman–Crippen MR) is 99.2 cm³/mol. The van der Waals surface area contributed by atoms with Crippen molar-refractivity contribution in [2.75, 3.05) is 25.7 Å². The SMILES string of the molecule is COC(=O)C(C(=O)OC)C1c2ccccc2CCN1c1ccc(Cl)cc1. The first-order valence-electron chi connectivity index (χ1n) is 8.32. The van der Waals surface area contributed by atoms with Crippen molar-refractivity contribution in [2.45, 2.75) is 12.5 Å². The minimum absolute atomic E-state index is 0.513. The van der Waals surface area contributed by atoms with E-state index in [0.717, 1.165) is 23.2 Å². The fourth-order valence-corrected chi connectivity index (χ4v) is 3.61. The zero-order valence-electron chi connectivity index (χ0n) is 14.6. The summed E-state index contributed by atoms with van der Waals surface area (Å²) in [6.45, 7) is 0.661. The summed E-state index contributed by atoms with van der Waals surface area (Å²) in [5.74, 6) is -2.31. The molecular weight excluding hydrogens is 354 g/mol. The molecule has 26 heavy (non-hydrogen) atoms. The molecular formula is C20H20ClNO4. The highest BCUT2D eigenvalue weighted by molar-refractivity contribution is 6.30. The molecule has 1 heterocycles. The maximum Gasteiger partial charge on any atom is 0.322 e. The monoisotopic (exact) mass is 373 g/mol. The highest BCUT2D eigenvalue weighted by atomic mass is 35.5. The topological polar surface area (TPSA) is 55.8 Å². The van der Waals surface area contributed by atoms with Gasteiger partial charge in [-0.25, -0.2) is 0 Å². The first-order chi connectivity index (χ1) is 12.6. The number of carbonyl (C=O) groups is 2. The van der Waals surface area contributed by atoms with E-state index in [-0.39, 0.29) is 0 Å². The van der Waals surface area contributed by atoms with Crippen molar-refractivity contribution in [3.8, 4) is 0 Å². The van der Waals surface area contributed by atoms with Gasteiger partial charge in [-0.2, -0.15) is 0 Å². The van der Waals surface area contributed by atoms with Crippen molar-refractivity contribution in [3.05, 3.63) is 64.7 Å². The van der Waals surface area contributed by atoms with Crippen molar-refractivity contribution < 1.29 is 19.1 Å². The molecule has 0 aliphatic carbocycles. The Hall–Kier alpha value is -2.53. The molecule has 3 rings (SSSR count). The van der Waals surface area contributed by atoms with Crippen LogP contribution in [-0.4, -0.2) is 32.7 Å². The Morgan fingerprint density at radius 2 is 1.65 bits per heavy atom. The fourth-order valence-electron chi connectivity index (χ4n) is 3.49. The van der Waals surface area contributed by atoms with Gasteiger partial charge in [0, 0.05) is 17.3 Å². The minimum Gasteiger partial charge on any atom is -0.468 e. The van der Waals surface area contributed by atoms with Crippen molar-refractivity contribution in [2.24, 2.45) is 5.92 Å². The van der Waals surface area contributed by atoms with Crippen LogP contribution in [0.5, 0.6) is 0 Å². The summed E-state index contributed by atoms with van der Waals surface area (Å²) in [4.78, 5) is 27.0. The van der Waals surface area contributed by atoms with Crippen LogP contribution in [0, 0.1) is 5.92 Å². The molecule has 1 atom stereocenters. The van der Waals surface area contributed by atoms with Gasteiger partial charge in [0.15, 0.2) is 5.92 Å². The lowest BCUT2D eigenvalue weighted by molar-refractivity contribution is -0.160. The van der Waals surface area contributed by atoms with Crippen LogP contribution in [0.4, 0.5) is 5.69 Å². The van der Waals surface area contributed by atoms with Gasteiger partial charge < -0.3 is 14.4 Å². The molecule has 1 unspecified atom stereocenters. The Labute approximate surface area is 157 Å². The summed E-state index contributed by atoms with van der Waals surface area (Å²) in [5.41, 5.74) is 2.92. The van der Waals surface area contributed by atoms with Gasteiger partial charge in [-0.1, -0.05) is 35.9 Å². The Balaban J connectivity index is 2.13. The number of fused-ring (bicyclic) bond motifs is 1. The molecule has 2 aromatic rings. The van der Waals surface area contributed by atoms with Crippen LogP contribution in [0.1, 0.15) is 17.2 Å². The van der Waals surface area contributed by atoms with Gasteiger partial charge in [0.1, 0.15) is 0 Å². The van der Waals surface area contributed by atoms with Gasteiger partial charge >= 0.3 is 11.9 Å². The van der Waals surface area contributed by atoms with E-state index in [4.69, 9.17) is 21.1 Å². The second-order valence-corrected chi connectivity index (χ2v) is 6.52. The molecule has 1 aliphatic heterocycles. The third-order valence-corrected chi connectivity index (χ3v) is 4.97. The lowest BCUT2D eigenvalue weighted by Crippen LogP contribution is -2.45. The van der Waals surface area contributed by atoms with E-state index in [1.165, 1.54) is 14.2 Å². The maximum absolute atomic E-state index is 12.5. The normalized spacial score (nSPS) is 16.2. The molecule has 0 saturated heterocycles. The zero-order chi connectivity index (χ0) is 18.7. The molecule has 0 amide bonds. The number of halogens is 1. The van der Waals surface area contributed by atoms with Gasteiger partial charge in [0.25, 0.3) is 0 Å². The van der Waals surface area contributed by atoms with Gasteiger partial charge in [0.2, 0.25) is 0 Å². The number of hydrogen-bond donors (Lipinski definition) is 0. The average molecular weight is 374 g/mol. The standard InChI is InChI=1S/C20H20ClNO4/c1-25-19(23)17(20(24)26-2)18-16-6-4-3-5-13(16)11-12-22(18)15-9-7-14(21)8-10-15/h3-10,17-18H,11-12H2,1-2H3. The summed E-state index contributed by atoms with van der Waals surface area (Å²) in [5, 5.41) is 0.625. The highest BCUT2D eigenvalue weighted by Gasteiger charge is 2.43. The summed E-state index contributed by atoms with van der Waals surface area (Å²) < 4.78 is 9.84. The molecule has 0 radical (unpaired) electrons. The van der Waals surface area contributed by atoms with Gasteiger partial charge in [0.05, 0.1) is 20.3 Å². The molecule has 0 spiro atoms. The fraction of sp³-hybridized carbons (Fsp3) is 0.300. The number of benzene rings is 2. The van der Waals surface area contributed by atoms with Crippen LogP contribution in [0.3, 0.4) is 0 Å². The Morgan fingerprint density at radius 1 is 1.04 bits per heavy atom. The maximum atomic E-state index is 12.5. The smallest absolute Gasteiger partial charge is 0.322 e. The predicted octanol–water partition coefficient (Wildman–Crippen LogP) is 3.41. The molecule has 136 valence electrons.